The molecule has 0 aliphatic heterocycles. The predicted octanol–water partition coefficient (Wildman–Crippen LogP) is 6.99. The number of rotatable bonds is 11. The van der Waals surface area contributed by atoms with Gasteiger partial charge < -0.3 is 14.6 Å². The molecule has 1 heterocycles. The van der Waals surface area contributed by atoms with Crippen molar-refractivity contribution < 1.29 is 9.53 Å². The Morgan fingerprint density at radius 1 is 1.03 bits per heavy atom. The number of hydrogen-bond donors (Lipinski definition) is 1. The van der Waals surface area contributed by atoms with Crippen molar-refractivity contribution in [3.63, 3.8) is 0 Å². The molecule has 3 aromatic carbocycles. The molecule has 5 nitrogen and oxygen atoms in total. The quantitative estimate of drug-likeness (QED) is 0.231. The van der Waals surface area contributed by atoms with E-state index in [2.05, 4.69) is 54.1 Å². The van der Waals surface area contributed by atoms with Crippen LogP contribution in [0.2, 0.25) is 5.02 Å². The van der Waals surface area contributed by atoms with E-state index < -0.39 is 0 Å². The Kier molecular flexibility index (Phi) is 8.43. The summed E-state index contributed by atoms with van der Waals surface area (Å²) in [5, 5.41) is 3.40. The summed E-state index contributed by atoms with van der Waals surface area (Å²) >= 11 is 6.17. The molecule has 1 unspecified atom stereocenters. The number of unbranched alkanes of at least 4 members (excludes halogenated alkanes) is 1. The maximum Gasteiger partial charge on any atom is 0.253 e. The number of para-hydroxylation sites is 2. The Balaban J connectivity index is 1.34. The van der Waals surface area contributed by atoms with Crippen LogP contribution in [0.25, 0.3) is 11.0 Å². The second-order valence-corrected chi connectivity index (χ2v) is 9.17. The zero-order chi connectivity index (χ0) is 24.6. The van der Waals surface area contributed by atoms with Gasteiger partial charge in [0.2, 0.25) is 0 Å². The van der Waals surface area contributed by atoms with Crippen LogP contribution in [0.4, 0.5) is 0 Å². The maximum absolute atomic E-state index is 12.6. The molecule has 1 aromatic heterocycles. The van der Waals surface area contributed by atoms with E-state index in [0.717, 1.165) is 48.4 Å². The number of nitrogens with one attached hydrogen (secondary N) is 1. The lowest BCUT2D eigenvalue weighted by Crippen LogP contribution is -2.25. The Bertz CT molecular complexity index is 1270. The largest absolute Gasteiger partial charge is 0.494 e. The maximum atomic E-state index is 12.6. The SMILES string of the molecule is CCC(C)c1ccc(OCCCCn2c(CNC(=O)c3ccccc3Cl)nc3ccccc32)cc1. The molecule has 0 radical (unpaired) electrons. The summed E-state index contributed by atoms with van der Waals surface area (Å²) in [6.45, 7) is 6.24. The molecule has 4 aromatic rings. The van der Waals surface area contributed by atoms with Gasteiger partial charge in [-0.25, -0.2) is 4.98 Å². The third-order valence-corrected chi connectivity index (χ3v) is 6.70. The van der Waals surface area contributed by atoms with Gasteiger partial charge >= 0.3 is 0 Å². The number of imidazole rings is 1. The van der Waals surface area contributed by atoms with Crippen LogP contribution in [-0.2, 0) is 13.1 Å². The van der Waals surface area contributed by atoms with Crippen molar-refractivity contribution in [3.8, 4) is 5.75 Å². The first-order valence-electron chi connectivity index (χ1n) is 12.3. The molecule has 0 aliphatic carbocycles. The van der Waals surface area contributed by atoms with E-state index in [4.69, 9.17) is 21.3 Å². The molecular weight excluding hydrogens is 458 g/mol. The summed E-state index contributed by atoms with van der Waals surface area (Å²) in [6, 6.07) is 23.5. The number of aryl methyl sites for hydroxylation is 1. The summed E-state index contributed by atoms with van der Waals surface area (Å²) in [7, 11) is 0. The molecule has 182 valence electrons. The number of benzene rings is 3. The standard InChI is InChI=1S/C29H32ClN3O2/c1-3-21(2)22-14-16-23(17-15-22)35-19-9-8-18-33-27-13-7-6-12-26(27)32-28(33)20-31-29(34)24-10-4-5-11-25(24)30/h4-7,10-17,21H,3,8-9,18-20H2,1-2H3,(H,31,34). The fourth-order valence-electron chi connectivity index (χ4n) is 4.10. The summed E-state index contributed by atoms with van der Waals surface area (Å²) in [5.41, 5.74) is 3.80. The van der Waals surface area contributed by atoms with Gasteiger partial charge in [0.1, 0.15) is 11.6 Å². The molecular formula is C29H32ClN3O2. The number of amides is 1. The number of aromatic nitrogens is 2. The molecule has 0 saturated heterocycles. The molecule has 0 fully saturated rings. The lowest BCUT2D eigenvalue weighted by molar-refractivity contribution is 0.0949. The zero-order valence-corrected chi connectivity index (χ0v) is 21.1. The minimum atomic E-state index is -0.207. The van der Waals surface area contributed by atoms with Gasteiger partial charge in [-0.3, -0.25) is 4.79 Å². The summed E-state index contributed by atoms with van der Waals surface area (Å²) in [6.07, 6.45) is 3.00. The van der Waals surface area contributed by atoms with Crippen molar-refractivity contribution in [1.29, 1.82) is 0 Å². The Hall–Kier alpha value is -3.31. The van der Waals surface area contributed by atoms with E-state index in [0.29, 0.717) is 29.7 Å². The van der Waals surface area contributed by atoms with E-state index in [1.165, 1.54) is 5.56 Å². The van der Waals surface area contributed by atoms with Crippen molar-refractivity contribution in [2.24, 2.45) is 0 Å². The molecule has 0 saturated carbocycles. The average Bonchev–Trinajstić information content (AvgIpc) is 3.24. The molecule has 35 heavy (non-hydrogen) atoms. The van der Waals surface area contributed by atoms with Crippen molar-refractivity contribution in [2.45, 2.75) is 52.1 Å². The van der Waals surface area contributed by atoms with Crippen LogP contribution in [0, 0.1) is 0 Å². The summed E-state index contributed by atoms with van der Waals surface area (Å²) in [5.74, 6) is 2.10. The fourth-order valence-corrected chi connectivity index (χ4v) is 4.32. The number of hydrogen-bond acceptors (Lipinski definition) is 3. The second kappa shape index (κ2) is 11.9. The van der Waals surface area contributed by atoms with Gasteiger partial charge in [0.05, 0.1) is 34.8 Å². The Morgan fingerprint density at radius 3 is 2.54 bits per heavy atom. The molecule has 1 atom stereocenters. The molecule has 0 spiro atoms. The average molecular weight is 490 g/mol. The van der Waals surface area contributed by atoms with Gasteiger partial charge in [-0.1, -0.05) is 61.8 Å². The van der Waals surface area contributed by atoms with Gasteiger partial charge in [0, 0.05) is 6.54 Å². The third-order valence-electron chi connectivity index (χ3n) is 6.37. The zero-order valence-electron chi connectivity index (χ0n) is 20.3. The van der Waals surface area contributed by atoms with E-state index in [9.17, 15) is 4.79 Å². The van der Waals surface area contributed by atoms with Gasteiger partial charge in [-0.05, 0) is 67.1 Å². The van der Waals surface area contributed by atoms with Gasteiger partial charge in [-0.2, -0.15) is 0 Å². The van der Waals surface area contributed by atoms with Crippen molar-refractivity contribution >= 4 is 28.5 Å². The highest BCUT2D eigenvalue weighted by Crippen LogP contribution is 2.22. The molecule has 4 rings (SSSR count). The van der Waals surface area contributed by atoms with E-state index in [-0.39, 0.29) is 5.91 Å². The summed E-state index contributed by atoms with van der Waals surface area (Å²) < 4.78 is 8.14. The normalized spacial score (nSPS) is 12.0. The minimum Gasteiger partial charge on any atom is -0.494 e. The number of ether oxygens (including phenoxy) is 1. The van der Waals surface area contributed by atoms with Crippen LogP contribution in [-0.4, -0.2) is 22.1 Å². The number of halogens is 1. The molecule has 0 aliphatic rings. The fraction of sp³-hybridized carbons (Fsp3) is 0.310. The number of fused-ring (bicyclic) bond motifs is 1. The smallest absolute Gasteiger partial charge is 0.253 e. The van der Waals surface area contributed by atoms with Gasteiger partial charge in [-0.15, -0.1) is 0 Å². The van der Waals surface area contributed by atoms with E-state index in [1.54, 1.807) is 18.2 Å². The molecule has 0 bridgehead atoms. The third kappa shape index (κ3) is 6.23. The topological polar surface area (TPSA) is 56.1 Å². The highest BCUT2D eigenvalue weighted by Gasteiger charge is 2.14. The van der Waals surface area contributed by atoms with Crippen molar-refractivity contribution in [2.75, 3.05) is 6.61 Å². The van der Waals surface area contributed by atoms with Crippen LogP contribution >= 0.6 is 11.6 Å². The number of carbonyl (C=O) groups excluding carboxylic acids is 1. The van der Waals surface area contributed by atoms with Crippen LogP contribution in [0.1, 0.15) is 60.8 Å². The van der Waals surface area contributed by atoms with Crippen LogP contribution in [0.15, 0.2) is 72.8 Å². The number of nitrogens with zero attached hydrogens (tertiary/aromatic N) is 2. The van der Waals surface area contributed by atoms with Crippen molar-refractivity contribution in [1.82, 2.24) is 14.9 Å². The molecule has 1 amide bonds. The predicted molar refractivity (Wildman–Crippen MR) is 142 cm³/mol. The van der Waals surface area contributed by atoms with Gasteiger partial charge in [0.25, 0.3) is 5.91 Å². The first-order chi connectivity index (χ1) is 17.1. The number of carbonyl (C=O) groups is 1. The first-order valence-corrected chi connectivity index (χ1v) is 12.6. The molecule has 6 heteroatoms. The highest BCUT2D eigenvalue weighted by atomic mass is 35.5. The van der Waals surface area contributed by atoms with E-state index in [1.807, 2.05) is 24.3 Å². The van der Waals surface area contributed by atoms with E-state index >= 15 is 0 Å². The monoisotopic (exact) mass is 489 g/mol. The lowest BCUT2D eigenvalue weighted by atomic mass is 9.99. The highest BCUT2D eigenvalue weighted by molar-refractivity contribution is 6.33. The van der Waals surface area contributed by atoms with Gasteiger partial charge in [0.15, 0.2) is 0 Å². The Morgan fingerprint density at radius 2 is 1.77 bits per heavy atom. The lowest BCUT2D eigenvalue weighted by Gasteiger charge is -2.12. The molecule has 1 N–H and O–H groups in total. The summed E-state index contributed by atoms with van der Waals surface area (Å²) in [4.78, 5) is 17.4. The van der Waals surface area contributed by atoms with Crippen LogP contribution in [0.5, 0.6) is 5.75 Å². The Labute approximate surface area is 212 Å². The first kappa shape index (κ1) is 24.8. The van der Waals surface area contributed by atoms with Crippen LogP contribution in [0.3, 0.4) is 0 Å². The second-order valence-electron chi connectivity index (χ2n) is 8.76. The van der Waals surface area contributed by atoms with Crippen molar-refractivity contribution in [3.05, 3.63) is 94.8 Å². The van der Waals surface area contributed by atoms with Crippen LogP contribution < -0.4 is 10.1 Å². The minimum absolute atomic E-state index is 0.207.